The quantitative estimate of drug-likeness (QED) is 0.564. The van der Waals surface area contributed by atoms with Gasteiger partial charge in [-0.15, -0.1) is 0 Å². The van der Waals surface area contributed by atoms with Gasteiger partial charge >= 0.3 is 0 Å². The molecule has 0 N–H and O–H groups in total. The SMILES string of the molecule is CN(CC1CCCN1C)CC1(C=O)CCCCCC1. The molecule has 1 aliphatic carbocycles. The number of likely N-dealkylation sites (N-methyl/N-ethyl adjacent to an activating group) is 2. The van der Waals surface area contributed by atoms with Crippen LogP contribution in [0.4, 0.5) is 0 Å². The summed E-state index contributed by atoms with van der Waals surface area (Å²) in [6.07, 6.45) is 11.2. The number of aldehydes is 1. The molecule has 1 heterocycles. The molecule has 2 aliphatic rings. The minimum absolute atomic E-state index is 0.0531. The minimum atomic E-state index is -0.0531. The largest absolute Gasteiger partial charge is 0.304 e. The van der Waals surface area contributed by atoms with E-state index in [4.69, 9.17) is 0 Å². The molecule has 19 heavy (non-hydrogen) atoms. The highest BCUT2D eigenvalue weighted by atomic mass is 16.1. The molecule has 3 nitrogen and oxygen atoms in total. The van der Waals surface area contributed by atoms with Crippen LogP contribution in [0, 0.1) is 5.41 Å². The molecule has 2 rings (SSSR count). The Balaban J connectivity index is 1.87. The Kier molecular flexibility index (Phi) is 5.40. The molecule has 0 bridgehead atoms. The van der Waals surface area contributed by atoms with Crippen LogP contribution >= 0.6 is 0 Å². The number of nitrogens with zero attached hydrogens (tertiary/aromatic N) is 2. The molecule has 1 saturated heterocycles. The van der Waals surface area contributed by atoms with E-state index in [1.807, 2.05) is 0 Å². The molecular formula is C16H30N2O. The molecule has 110 valence electrons. The zero-order valence-corrected chi connectivity index (χ0v) is 12.7. The number of hydrogen-bond acceptors (Lipinski definition) is 3. The van der Waals surface area contributed by atoms with Crippen LogP contribution in [0.3, 0.4) is 0 Å². The standard InChI is InChI=1S/C16H30N2O/c1-17(12-15-8-7-11-18(15)2)13-16(14-19)9-5-3-4-6-10-16/h14-15H,3-13H2,1-2H3. The van der Waals surface area contributed by atoms with Crippen molar-refractivity contribution in [1.29, 1.82) is 0 Å². The summed E-state index contributed by atoms with van der Waals surface area (Å²) in [4.78, 5) is 16.5. The Bertz CT molecular complexity index is 284. The highest BCUT2D eigenvalue weighted by molar-refractivity contribution is 5.59. The highest BCUT2D eigenvalue weighted by Crippen LogP contribution is 2.34. The number of likely N-dealkylation sites (tertiary alicyclic amines) is 1. The maximum Gasteiger partial charge on any atom is 0.127 e. The average Bonchev–Trinajstić information content (AvgIpc) is 2.66. The number of carbonyl (C=O) groups excluding carboxylic acids is 1. The highest BCUT2D eigenvalue weighted by Gasteiger charge is 2.33. The van der Waals surface area contributed by atoms with Gasteiger partial charge in [-0.05, 0) is 46.3 Å². The summed E-state index contributed by atoms with van der Waals surface area (Å²) in [6.45, 7) is 3.31. The summed E-state index contributed by atoms with van der Waals surface area (Å²) in [5.74, 6) is 0. The van der Waals surface area contributed by atoms with Gasteiger partial charge in [0.15, 0.2) is 0 Å². The fourth-order valence-electron chi connectivity index (χ4n) is 3.92. The second-order valence-corrected chi connectivity index (χ2v) is 6.87. The van der Waals surface area contributed by atoms with E-state index in [9.17, 15) is 4.79 Å². The first-order chi connectivity index (χ1) is 9.15. The van der Waals surface area contributed by atoms with Crippen molar-refractivity contribution in [3.63, 3.8) is 0 Å². The van der Waals surface area contributed by atoms with Gasteiger partial charge in [0.2, 0.25) is 0 Å². The van der Waals surface area contributed by atoms with Crippen molar-refractivity contribution in [2.24, 2.45) is 5.41 Å². The van der Waals surface area contributed by atoms with Gasteiger partial charge in [0.1, 0.15) is 6.29 Å². The van der Waals surface area contributed by atoms with Gasteiger partial charge in [-0.2, -0.15) is 0 Å². The third-order valence-corrected chi connectivity index (χ3v) is 5.13. The molecule has 2 fully saturated rings. The van der Waals surface area contributed by atoms with Gasteiger partial charge in [-0.3, -0.25) is 0 Å². The van der Waals surface area contributed by atoms with Crippen LogP contribution in [0.15, 0.2) is 0 Å². The summed E-state index contributed by atoms with van der Waals surface area (Å²) in [7, 11) is 4.43. The van der Waals surface area contributed by atoms with E-state index in [0.29, 0.717) is 6.04 Å². The lowest BCUT2D eigenvalue weighted by atomic mass is 9.81. The van der Waals surface area contributed by atoms with Crippen LogP contribution in [-0.4, -0.2) is 55.9 Å². The van der Waals surface area contributed by atoms with Crippen molar-refractivity contribution in [2.75, 3.05) is 33.7 Å². The lowest BCUT2D eigenvalue weighted by molar-refractivity contribution is -0.118. The molecule has 1 unspecified atom stereocenters. The van der Waals surface area contributed by atoms with Crippen LogP contribution in [0.2, 0.25) is 0 Å². The van der Waals surface area contributed by atoms with Crippen LogP contribution < -0.4 is 0 Å². The summed E-state index contributed by atoms with van der Waals surface area (Å²) in [6, 6.07) is 0.694. The predicted molar refractivity (Wildman–Crippen MR) is 79.3 cm³/mol. The van der Waals surface area contributed by atoms with E-state index in [2.05, 4.69) is 23.9 Å². The maximum absolute atomic E-state index is 11.6. The van der Waals surface area contributed by atoms with Crippen molar-refractivity contribution >= 4 is 6.29 Å². The fourth-order valence-corrected chi connectivity index (χ4v) is 3.92. The normalized spacial score (nSPS) is 28.5. The van der Waals surface area contributed by atoms with Crippen molar-refractivity contribution in [3.05, 3.63) is 0 Å². The van der Waals surface area contributed by atoms with Crippen molar-refractivity contribution < 1.29 is 4.79 Å². The Hall–Kier alpha value is -0.410. The molecule has 1 saturated carbocycles. The van der Waals surface area contributed by atoms with Gasteiger partial charge in [0, 0.05) is 24.5 Å². The first-order valence-corrected chi connectivity index (χ1v) is 8.00. The van der Waals surface area contributed by atoms with Crippen molar-refractivity contribution in [2.45, 2.75) is 57.4 Å². The summed E-state index contributed by atoms with van der Waals surface area (Å²) < 4.78 is 0. The van der Waals surface area contributed by atoms with Gasteiger partial charge < -0.3 is 14.6 Å². The minimum Gasteiger partial charge on any atom is -0.304 e. The van der Waals surface area contributed by atoms with E-state index in [1.54, 1.807) is 0 Å². The third kappa shape index (κ3) is 4.03. The number of carbonyl (C=O) groups is 1. The topological polar surface area (TPSA) is 23.6 Å². The number of hydrogen-bond donors (Lipinski definition) is 0. The average molecular weight is 266 g/mol. The lowest BCUT2D eigenvalue weighted by Gasteiger charge is -2.34. The van der Waals surface area contributed by atoms with Gasteiger partial charge in [-0.1, -0.05) is 25.7 Å². The zero-order valence-electron chi connectivity index (χ0n) is 12.7. The molecule has 0 amide bonds. The van der Waals surface area contributed by atoms with Crippen LogP contribution in [-0.2, 0) is 4.79 Å². The van der Waals surface area contributed by atoms with E-state index >= 15 is 0 Å². The van der Waals surface area contributed by atoms with E-state index in [-0.39, 0.29) is 5.41 Å². The Morgan fingerprint density at radius 3 is 2.42 bits per heavy atom. The third-order valence-electron chi connectivity index (χ3n) is 5.13. The van der Waals surface area contributed by atoms with Gasteiger partial charge in [0.25, 0.3) is 0 Å². The number of rotatable bonds is 5. The predicted octanol–water partition coefficient (Wildman–Crippen LogP) is 2.55. The van der Waals surface area contributed by atoms with E-state index in [0.717, 1.165) is 25.9 Å². The van der Waals surface area contributed by atoms with Crippen molar-refractivity contribution in [1.82, 2.24) is 9.80 Å². The van der Waals surface area contributed by atoms with Gasteiger partial charge in [-0.25, -0.2) is 0 Å². The van der Waals surface area contributed by atoms with Crippen LogP contribution in [0.1, 0.15) is 51.4 Å². The zero-order chi connectivity index (χ0) is 13.7. The maximum atomic E-state index is 11.6. The first kappa shape index (κ1) is 15.0. The monoisotopic (exact) mass is 266 g/mol. The second-order valence-electron chi connectivity index (χ2n) is 6.87. The Morgan fingerprint density at radius 1 is 1.21 bits per heavy atom. The summed E-state index contributed by atoms with van der Waals surface area (Å²) in [5, 5.41) is 0. The van der Waals surface area contributed by atoms with Crippen LogP contribution in [0.5, 0.6) is 0 Å². The van der Waals surface area contributed by atoms with Crippen molar-refractivity contribution in [3.8, 4) is 0 Å². The fraction of sp³-hybridized carbons (Fsp3) is 0.938. The molecule has 0 aromatic rings. The molecule has 0 radical (unpaired) electrons. The molecule has 3 heteroatoms. The molecule has 1 atom stereocenters. The second kappa shape index (κ2) is 6.85. The molecule has 1 aliphatic heterocycles. The summed E-state index contributed by atoms with van der Waals surface area (Å²) >= 11 is 0. The van der Waals surface area contributed by atoms with E-state index in [1.165, 1.54) is 51.4 Å². The summed E-state index contributed by atoms with van der Waals surface area (Å²) in [5.41, 5.74) is -0.0531. The smallest absolute Gasteiger partial charge is 0.127 e. The van der Waals surface area contributed by atoms with E-state index < -0.39 is 0 Å². The molecule has 0 aromatic carbocycles. The Morgan fingerprint density at radius 2 is 1.89 bits per heavy atom. The lowest BCUT2D eigenvalue weighted by Crippen LogP contribution is -2.42. The Labute approximate surface area is 118 Å². The first-order valence-electron chi connectivity index (χ1n) is 8.00. The van der Waals surface area contributed by atoms with Crippen LogP contribution in [0.25, 0.3) is 0 Å². The van der Waals surface area contributed by atoms with Gasteiger partial charge in [0.05, 0.1) is 0 Å². The molecule has 0 aromatic heterocycles. The molecule has 0 spiro atoms. The molecular weight excluding hydrogens is 236 g/mol.